The van der Waals surface area contributed by atoms with Gasteiger partial charge in [-0.25, -0.2) is 9.40 Å². The van der Waals surface area contributed by atoms with Crippen molar-refractivity contribution in [2.45, 2.75) is 13.1 Å². The number of carbonyl (C=O) groups excluding carboxylic acids is 1. The van der Waals surface area contributed by atoms with Crippen LogP contribution in [0.4, 0.5) is 15.8 Å². The molecule has 0 bridgehead atoms. The highest BCUT2D eigenvalue weighted by atomic mass is 35.5. The standard InChI is InChI=1S/C23H17ClFN3O3/c1-14(29)22-26-28(19-7-3-16(24)4-8-19)23(27(22)18-9-5-17(25)6-10-18)15-2-11-20-21(12-15)31-13-30-20/h2-12,23H,13H2,1H3/t23-/m0/s1. The third-order valence-electron chi connectivity index (χ3n) is 5.11. The van der Waals surface area contributed by atoms with E-state index in [9.17, 15) is 9.18 Å². The number of ketones is 1. The van der Waals surface area contributed by atoms with Crippen molar-refractivity contribution < 1.29 is 18.7 Å². The maximum absolute atomic E-state index is 13.6. The Balaban J connectivity index is 1.68. The van der Waals surface area contributed by atoms with Gasteiger partial charge in [-0.05, 0) is 60.7 Å². The maximum atomic E-state index is 13.6. The number of hydrogen-bond donors (Lipinski definition) is 0. The topological polar surface area (TPSA) is 54.4 Å². The number of hydrazone groups is 1. The van der Waals surface area contributed by atoms with E-state index < -0.39 is 6.17 Å². The van der Waals surface area contributed by atoms with E-state index in [1.54, 1.807) is 34.2 Å². The van der Waals surface area contributed by atoms with Crippen molar-refractivity contribution >= 4 is 34.6 Å². The first kappa shape index (κ1) is 19.4. The first-order valence-corrected chi connectivity index (χ1v) is 9.98. The molecule has 0 radical (unpaired) electrons. The average molecular weight is 438 g/mol. The third-order valence-corrected chi connectivity index (χ3v) is 5.36. The highest BCUT2D eigenvalue weighted by molar-refractivity contribution is 6.44. The fraction of sp³-hybridized carbons (Fsp3) is 0.130. The molecule has 3 aromatic carbocycles. The Morgan fingerprint density at radius 2 is 1.68 bits per heavy atom. The summed E-state index contributed by atoms with van der Waals surface area (Å²) in [6.07, 6.45) is -0.514. The lowest BCUT2D eigenvalue weighted by Crippen LogP contribution is -2.37. The molecule has 0 aliphatic carbocycles. The summed E-state index contributed by atoms with van der Waals surface area (Å²) in [7, 11) is 0. The first-order valence-electron chi connectivity index (χ1n) is 9.60. The summed E-state index contributed by atoms with van der Waals surface area (Å²) in [5.41, 5.74) is 2.20. The number of Topliss-reactive ketones (excluding diaryl/α,β-unsaturated/α-hetero) is 1. The summed E-state index contributed by atoms with van der Waals surface area (Å²) in [6.45, 7) is 1.61. The van der Waals surface area contributed by atoms with E-state index in [-0.39, 0.29) is 24.2 Å². The highest BCUT2D eigenvalue weighted by Crippen LogP contribution is 2.42. The number of carbonyl (C=O) groups is 1. The molecule has 2 aliphatic rings. The van der Waals surface area contributed by atoms with Crippen LogP contribution in [-0.2, 0) is 4.79 Å². The predicted octanol–water partition coefficient (Wildman–Crippen LogP) is 5.14. The quantitative estimate of drug-likeness (QED) is 0.566. The SMILES string of the molecule is CC(=O)C1=NN(c2ccc(Cl)cc2)[C@@H](c2ccc3c(c2)OCO3)N1c1ccc(F)cc1. The second-order valence-corrected chi connectivity index (χ2v) is 7.57. The Hall–Kier alpha value is -3.58. The van der Waals surface area contributed by atoms with Crippen molar-refractivity contribution in [3.05, 3.63) is 83.1 Å². The fourth-order valence-corrected chi connectivity index (χ4v) is 3.82. The van der Waals surface area contributed by atoms with Crippen molar-refractivity contribution in [1.29, 1.82) is 0 Å². The summed E-state index contributed by atoms with van der Waals surface area (Å²) >= 11 is 6.07. The van der Waals surface area contributed by atoms with Crippen LogP contribution in [0.1, 0.15) is 18.7 Å². The van der Waals surface area contributed by atoms with Crippen molar-refractivity contribution in [1.82, 2.24) is 0 Å². The second-order valence-electron chi connectivity index (χ2n) is 7.13. The Bertz CT molecular complexity index is 1180. The summed E-state index contributed by atoms with van der Waals surface area (Å²) in [5, 5.41) is 6.97. The molecular formula is C23H17ClFN3O3. The fourth-order valence-electron chi connectivity index (χ4n) is 3.69. The maximum Gasteiger partial charge on any atom is 0.231 e. The predicted molar refractivity (Wildman–Crippen MR) is 116 cm³/mol. The number of nitrogens with zero attached hydrogens (tertiary/aromatic N) is 3. The lowest BCUT2D eigenvalue weighted by Gasteiger charge is -2.32. The van der Waals surface area contributed by atoms with Crippen LogP contribution in [-0.4, -0.2) is 18.4 Å². The normalized spacial score (nSPS) is 17.1. The lowest BCUT2D eigenvalue weighted by atomic mass is 10.1. The molecule has 31 heavy (non-hydrogen) atoms. The number of amidine groups is 1. The van der Waals surface area contributed by atoms with Gasteiger partial charge in [0.2, 0.25) is 6.79 Å². The zero-order chi connectivity index (χ0) is 21.5. The highest BCUT2D eigenvalue weighted by Gasteiger charge is 2.39. The Morgan fingerprint density at radius 1 is 1.00 bits per heavy atom. The number of fused-ring (bicyclic) bond motifs is 1. The minimum atomic E-state index is -0.514. The molecule has 2 aliphatic heterocycles. The molecule has 6 nitrogen and oxygen atoms in total. The smallest absolute Gasteiger partial charge is 0.231 e. The summed E-state index contributed by atoms with van der Waals surface area (Å²) in [5.74, 6) is 0.930. The van der Waals surface area contributed by atoms with E-state index in [4.69, 9.17) is 21.1 Å². The largest absolute Gasteiger partial charge is 0.454 e. The van der Waals surface area contributed by atoms with Crippen LogP contribution < -0.4 is 19.4 Å². The van der Waals surface area contributed by atoms with Gasteiger partial charge < -0.3 is 9.47 Å². The van der Waals surface area contributed by atoms with Gasteiger partial charge in [0.1, 0.15) is 5.82 Å². The zero-order valence-electron chi connectivity index (χ0n) is 16.5. The minimum absolute atomic E-state index is 0.154. The van der Waals surface area contributed by atoms with E-state index >= 15 is 0 Å². The zero-order valence-corrected chi connectivity index (χ0v) is 17.2. The van der Waals surface area contributed by atoms with Crippen molar-refractivity contribution in [2.24, 2.45) is 5.10 Å². The first-order chi connectivity index (χ1) is 15.0. The molecule has 0 amide bonds. The van der Waals surface area contributed by atoms with Crippen LogP contribution in [0.15, 0.2) is 71.8 Å². The summed E-state index contributed by atoms with van der Waals surface area (Å²) < 4.78 is 24.6. The van der Waals surface area contributed by atoms with Crippen LogP contribution in [0.5, 0.6) is 11.5 Å². The van der Waals surface area contributed by atoms with Crippen LogP contribution >= 0.6 is 11.6 Å². The average Bonchev–Trinajstić information content (AvgIpc) is 3.39. The number of benzene rings is 3. The second kappa shape index (κ2) is 7.59. The minimum Gasteiger partial charge on any atom is -0.454 e. The van der Waals surface area contributed by atoms with Gasteiger partial charge in [-0.2, -0.15) is 0 Å². The molecule has 156 valence electrons. The van der Waals surface area contributed by atoms with E-state index in [1.807, 2.05) is 30.3 Å². The van der Waals surface area contributed by atoms with Crippen LogP contribution in [0.25, 0.3) is 0 Å². The molecule has 1 atom stereocenters. The van der Waals surface area contributed by atoms with E-state index in [2.05, 4.69) is 5.10 Å². The van der Waals surface area contributed by atoms with Crippen LogP contribution in [0.2, 0.25) is 5.02 Å². The molecular weight excluding hydrogens is 421 g/mol. The molecule has 3 aromatic rings. The van der Waals surface area contributed by atoms with E-state index in [1.165, 1.54) is 19.1 Å². The van der Waals surface area contributed by atoms with Crippen molar-refractivity contribution in [3.63, 3.8) is 0 Å². The molecule has 0 N–H and O–H groups in total. The van der Waals surface area contributed by atoms with Gasteiger partial charge >= 0.3 is 0 Å². The monoisotopic (exact) mass is 437 g/mol. The van der Waals surface area contributed by atoms with Gasteiger partial charge in [0.25, 0.3) is 0 Å². The van der Waals surface area contributed by atoms with Crippen LogP contribution in [0.3, 0.4) is 0 Å². The summed E-state index contributed by atoms with van der Waals surface area (Å²) in [4.78, 5) is 14.3. The number of halogens is 2. The number of anilines is 2. The van der Waals surface area contributed by atoms with Crippen LogP contribution in [0, 0.1) is 5.82 Å². The van der Waals surface area contributed by atoms with Crippen molar-refractivity contribution in [2.75, 3.05) is 16.7 Å². The summed E-state index contributed by atoms with van der Waals surface area (Å²) in [6, 6.07) is 18.7. The Morgan fingerprint density at radius 3 is 2.39 bits per heavy atom. The molecule has 0 unspecified atom stereocenters. The van der Waals surface area contributed by atoms with E-state index in [0.717, 1.165) is 11.3 Å². The molecule has 0 aromatic heterocycles. The molecule has 0 saturated heterocycles. The lowest BCUT2D eigenvalue weighted by molar-refractivity contribution is -0.111. The Kier molecular flexibility index (Phi) is 4.75. The van der Waals surface area contributed by atoms with Gasteiger partial charge in [-0.15, -0.1) is 5.10 Å². The molecule has 2 heterocycles. The van der Waals surface area contributed by atoms with Gasteiger partial charge in [-0.1, -0.05) is 17.7 Å². The third kappa shape index (κ3) is 3.47. The number of ether oxygens (including phenoxy) is 2. The number of hydrogen-bond acceptors (Lipinski definition) is 6. The van der Waals surface area contributed by atoms with Gasteiger partial charge in [0.05, 0.1) is 5.69 Å². The molecule has 0 spiro atoms. The Labute approximate surface area is 183 Å². The molecule has 5 rings (SSSR count). The number of rotatable bonds is 4. The van der Waals surface area contributed by atoms with E-state index in [0.29, 0.717) is 22.2 Å². The van der Waals surface area contributed by atoms with Gasteiger partial charge in [-0.3, -0.25) is 9.69 Å². The van der Waals surface area contributed by atoms with Crippen molar-refractivity contribution in [3.8, 4) is 11.5 Å². The molecule has 0 saturated carbocycles. The van der Waals surface area contributed by atoms with Gasteiger partial charge in [0, 0.05) is 23.2 Å². The van der Waals surface area contributed by atoms with Gasteiger partial charge in [0.15, 0.2) is 29.3 Å². The molecule has 8 heteroatoms. The molecule has 0 fully saturated rings.